The van der Waals surface area contributed by atoms with Crippen molar-refractivity contribution >= 4 is 45.2 Å². The quantitative estimate of drug-likeness (QED) is 0.521. The lowest BCUT2D eigenvalue weighted by Gasteiger charge is -1.98. The number of Topliss-reactive ketones (excluding diaryl/α,β-unsaturated/α-hetero) is 1. The van der Waals surface area contributed by atoms with Gasteiger partial charge in [-0.15, -0.1) is 11.6 Å². The third kappa shape index (κ3) is 3.89. The number of ketones is 1. The number of anilines is 1. The van der Waals surface area contributed by atoms with Gasteiger partial charge in [-0.1, -0.05) is 15.9 Å². The molecule has 0 bridgehead atoms. The van der Waals surface area contributed by atoms with Crippen LogP contribution in [0.4, 0.5) is 5.69 Å². The second-order valence-electron chi connectivity index (χ2n) is 2.48. The first-order valence-corrected chi connectivity index (χ1v) is 5.18. The second-order valence-corrected chi connectivity index (χ2v) is 3.66. The van der Waals surface area contributed by atoms with Gasteiger partial charge in [-0.25, -0.2) is 0 Å². The van der Waals surface area contributed by atoms with Crippen molar-refractivity contribution in [3.63, 3.8) is 0 Å². The summed E-state index contributed by atoms with van der Waals surface area (Å²) in [5.41, 5.74) is 3.52. The topological polar surface area (TPSA) is 41.5 Å². The number of nitrogens with zero attached hydrogens (tertiary/aromatic N) is 1. The maximum atomic E-state index is 10.7. The zero-order valence-electron chi connectivity index (χ0n) is 7.21. The monoisotopic (exact) mass is 274 g/mol. The molecule has 0 aromatic heterocycles. The minimum Gasteiger partial charge on any atom is -0.292 e. The molecule has 0 fully saturated rings. The highest BCUT2D eigenvalue weighted by atomic mass is 79.9. The standard InChI is InChI=1S/C9H8BrClN2O/c10-7-1-3-8(4-2-7)13-12-6-9(14)5-11/h1-4,6,13H,5H2. The number of carbonyl (C=O) groups excluding carboxylic acids is 1. The maximum Gasteiger partial charge on any atom is 0.190 e. The molecule has 3 nitrogen and oxygen atoms in total. The Kier molecular flexibility index (Phi) is 4.62. The predicted octanol–water partition coefficient (Wildman–Crippen LogP) is 2.65. The summed E-state index contributed by atoms with van der Waals surface area (Å²) in [5.74, 6) is -0.276. The number of benzene rings is 1. The molecule has 1 N–H and O–H groups in total. The molecule has 1 rings (SSSR count). The van der Waals surface area contributed by atoms with Crippen LogP contribution in [0.15, 0.2) is 33.8 Å². The van der Waals surface area contributed by atoms with Crippen molar-refractivity contribution < 1.29 is 4.79 Å². The summed E-state index contributed by atoms with van der Waals surface area (Å²) < 4.78 is 0.990. The molecule has 0 aliphatic rings. The van der Waals surface area contributed by atoms with Crippen molar-refractivity contribution in [2.75, 3.05) is 11.3 Å². The third-order valence-corrected chi connectivity index (χ3v) is 2.17. The summed E-state index contributed by atoms with van der Waals surface area (Å²) in [6, 6.07) is 7.43. The zero-order valence-corrected chi connectivity index (χ0v) is 9.55. The normalized spacial score (nSPS) is 10.4. The van der Waals surface area contributed by atoms with Crippen molar-refractivity contribution in [2.24, 2.45) is 5.10 Å². The van der Waals surface area contributed by atoms with E-state index >= 15 is 0 Å². The summed E-state index contributed by atoms with van der Waals surface area (Å²) in [4.78, 5) is 10.7. The van der Waals surface area contributed by atoms with Crippen LogP contribution in [0.5, 0.6) is 0 Å². The van der Waals surface area contributed by atoms with Crippen molar-refractivity contribution in [2.45, 2.75) is 0 Å². The summed E-state index contributed by atoms with van der Waals surface area (Å²) in [5, 5.41) is 3.72. The first-order valence-electron chi connectivity index (χ1n) is 3.86. The van der Waals surface area contributed by atoms with E-state index in [0.29, 0.717) is 0 Å². The van der Waals surface area contributed by atoms with Crippen molar-refractivity contribution in [1.82, 2.24) is 0 Å². The molecule has 0 heterocycles. The number of alkyl halides is 1. The highest BCUT2D eigenvalue weighted by Crippen LogP contribution is 2.13. The van der Waals surface area contributed by atoms with Gasteiger partial charge in [0.1, 0.15) is 0 Å². The van der Waals surface area contributed by atoms with Gasteiger partial charge in [-0.3, -0.25) is 10.2 Å². The van der Waals surface area contributed by atoms with Gasteiger partial charge >= 0.3 is 0 Å². The molecule has 5 heteroatoms. The largest absolute Gasteiger partial charge is 0.292 e. The molecule has 0 aliphatic heterocycles. The second kappa shape index (κ2) is 5.78. The number of rotatable bonds is 4. The van der Waals surface area contributed by atoms with Gasteiger partial charge in [0.15, 0.2) is 5.78 Å². The molecular formula is C9H8BrClN2O. The van der Waals surface area contributed by atoms with Gasteiger partial charge in [-0.2, -0.15) is 5.10 Å². The van der Waals surface area contributed by atoms with Gasteiger partial charge in [0.25, 0.3) is 0 Å². The van der Waals surface area contributed by atoms with Crippen molar-refractivity contribution in [3.05, 3.63) is 28.7 Å². The zero-order chi connectivity index (χ0) is 10.4. The first kappa shape index (κ1) is 11.2. The van der Waals surface area contributed by atoms with Gasteiger partial charge in [-0.05, 0) is 24.3 Å². The molecule has 1 aromatic rings. The molecule has 1 aromatic carbocycles. The number of hydrogen-bond acceptors (Lipinski definition) is 3. The van der Waals surface area contributed by atoms with Crippen LogP contribution < -0.4 is 5.43 Å². The van der Waals surface area contributed by atoms with Crippen LogP contribution in [0.25, 0.3) is 0 Å². The van der Waals surface area contributed by atoms with Crippen LogP contribution in [0.2, 0.25) is 0 Å². The molecule has 0 radical (unpaired) electrons. The van der Waals surface area contributed by atoms with Crippen LogP contribution in [0.1, 0.15) is 0 Å². The average Bonchev–Trinajstić information content (AvgIpc) is 2.21. The Morgan fingerprint density at radius 2 is 2.14 bits per heavy atom. The van der Waals surface area contributed by atoms with E-state index in [0.717, 1.165) is 16.4 Å². The highest BCUT2D eigenvalue weighted by molar-refractivity contribution is 9.10. The Bertz CT molecular complexity index is 337. The van der Waals surface area contributed by atoms with Crippen LogP contribution >= 0.6 is 27.5 Å². The van der Waals surface area contributed by atoms with Crippen molar-refractivity contribution in [1.29, 1.82) is 0 Å². The lowest BCUT2D eigenvalue weighted by atomic mass is 10.3. The number of carbonyl (C=O) groups is 1. The number of hydrazone groups is 1. The average molecular weight is 276 g/mol. The van der Waals surface area contributed by atoms with E-state index in [1.165, 1.54) is 0 Å². The number of halogens is 2. The Labute approximate surface area is 95.3 Å². The predicted molar refractivity (Wildman–Crippen MR) is 62.0 cm³/mol. The van der Waals surface area contributed by atoms with Crippen LogP contribution in [0.3, 0.4) is 0 Å². The maximum absolute atomic E-state index is 10.7. The van der Waals surface area contributed by atoms with E-state index in [2.05, 4.69) is 26.5 Å². The fourth-order valence-corrected chi connectivity index (χ4v) is 1.07. The molecule has 74 valence electrons. The Balaban J connectivity index is 2.49. The minimum atomic E-state index is -0.226. The van der Waals surface area contributed by atoms with Gasteiger partial charge in [0.05, 0.1) is 17.8 Å². The highest BCUT2D eigenvalue weighted by Gasteiger charge is 1.92. The van der Waals surface area contributed by atoms with Gasteiger partial charge in [0, 0.05) is 4.47 Å². The van der Waals surface area contributed by atoms with Crippen LogP contribution in [-0.4, -0.2) is 17.9 Å². The third-order valence-electron chi connectivity index (χ3n) is 1.38. The van der Waals surface area contributed by atoms with E-state index in [-0.39, 0.29) is 11.7 Å². The fourth-order valence-electron chi connectivity index (χ4n) is 0.738. The molecule has 0 amide bonds. The van der Waals surface area contributed by atoms with Crippen LogP contribution in [-0.2, 0) is 4.79 Å². The van der Waals surface area contributed by atoms with E-state index in [9.17, 15) is 4.79 Å². The van der Waals surface area contributed by atoms with E-state index in [4.69, 9.17) is 11.6 Å². The number of nitrogens with one attached hydrogen (secondary N) is 1. The van der Waals surface area contributed by atoms with Gasteiger partial charge in [0.2, 0.25) is 0 Å². The van der Waals surface area contributed by atoms with Crippen LogP contribution in [0, 0.1) is 0 Å². The molecule has 0 aliphatic carbocycles. The Morgan fingerprint density at radius 1 is 1.50 bits per heavy atom. The fraction of sp³-hybridized carbons (Fsp3) is 0.111. The minimum absolute atomic E-state index is 0.0501. The summed E-state index contributed by atoms with van der Waals surface area (Å²) in [6.07, 6.45) is 1.16. The molecule has 0 saturated heterocycles. The van der Waals surface area contributed by atoms with E-state index < -0.39 is 0 Å². The SMILES string of the molecule is O=C(C=NNc1ccc(Br)cc1)CCl. The Morgan fingerprint density at radius 3 is 2.71 bits per heavy atom. The number of hydrogen-bond donors (Lipinski definition) is 1. The molecular weight excluding hydrogens is 267 g/mol. The summed E-state index contributed by atoms with van der Waals surface area (Å²) in [6.45, 7) is 0. The molecule has 0 unspecified atom stereocenters. The van der Waals surface area contributed by atoms with E-state index in [1.54, 1.807) is 0 Å². The van der Waals surface area contributed by atoms with E-state index in [1.807, 2.05) is 24.3 Å². The molecule has 0 saturated carbocycles. The van der Waals surface area contributed by atoms with Gasteiger partial charge < -0.3 is 0 Å². The molecule has 14 heavy (non-hydrogen) atoms. The first-order chi connectivity index (χ1) is 6.72. The molecule has 0 spiro atoms. The summed E-state index contributed by atoms with van der Waals surface area (Å²) >= 11 is 8.59. The summed E-state index contributed by atoms with van der Waals surface area (Å²) in [7, 11) is 0. The lowest BCUT2D eigenvalue weighted by molar-refractivity contribution is -0.110. The smallest absolute Gasteiger partial charge is 0.190 e. The van der Waals surface area contributed by atoms with Crippen molar-refractivity contribution in [3.8, 4) is 0 Å². The lowest BCUT2D eigenvalue weighted by Crippen LogP contribution is -2.02. The molecule has 0 atom stereocenters. The Hall–Kier alpha value is -0.870.